The normalized spacial score (nSPS) is 31.0. The van der Waals surface area contributed by atoms with Crippen LogP contribution in [-0.2, 0) is 19.0 Å². The number of methoxy groups -OCH3 is 1. The SMILES string of the molecule is CCC[C@@H]1C[C@@H](C(=O)N[C@@H]([C@H]2O[C@H](SCCOC(=O)c3ccc(C)cc3)[C@H](O)[C@@H](O)[C@H]2O)[C@@H](C)OC)N(C)C1. The van der Waals surface area contributed by atoms with Crippen LogP contribution in [0.25, 0.3) is 0 Å². The molecule has 1 aromatic rings. The molecule has 2 aliphatic rings. The molecule has 0 bridgehead atoms. The zero-order chi connectivity index (χ0) is 28.7. The van der Waals surface area contributed by atoms with Crippen molar-refractivity contribution in [1.29, 1.82) is 0 Å². The van der Waals surface area contributed by atoms with Crippen molar-refractivity contribution >= 4 is 23.6 Å². The Morgan fingerprint density at radius 2 is 1.87 bits per heavy atom. The number of rotatable bonds is 12. The minimum absolute atomic E-state index is 0.0643. The van der Waals surface area contributed by atoms with Crippen molar-refractivity contribution in [3.8, 4) is 0 Å². The van der Waals surface area contributed by atoms with Crippen LogP contribution in [0.3, 0.4) is 0 Å². The first kappa shape index (κ1) is 31.8. The summed E-state index contributed by atoms with van der Waals surface area (Å²) in [7, 11) is 3.43. The third kappa shape index (κ3) is 8.16. The number of likely N-dealkylation sites (N-methyl/N-ethyl adjacent to an activating group) is 1. The number of aryl methyl sites for hydroxylation is 1. The fourth-order valence-corrected chi connectivity index (χ4v) is 6.26. The number of nitrogens with one attached hydrogen (secondary N) is 1. The number of carbonyl (C=O) groups excluding carboxylic acids is 2. The molecular formula is C28H44N2O8S. The highest BCUT2D eigenvalue weighted by Crippen LogP contribution is 2.32. The van der Waals surface area contributed by atoms with Gasteiger partial charge in [0.1, 0.15) is 36.5 Å². The van der Waals surface area contributed by atoms with Gasteiger partial charge in [0, 0.05) is 19.4 Å². The lowest BCUT2D eigenvalue weighted by molar-refractivity contribution is -0.212. The van der Waals surface area contributed by atoms with Crippen LogP contribution in [0, 0.1) is 12.8 Å². The molecule has 0 unspecified atom stereocenters. The fourth-order valence-electron chi connectivity index (χ4n) is 5.28. The van der Waals surface area contributed by atoms with Crippen LogP contribution < -0.4 is 5.32 Å². The first-order valence-electron chi connectivity index (χ1n) is 13.7. The van der Waals surface area contributed by atoms with Crippen LogP contribution in [0.4, 0.5) is 0 Å². The molecule has 0 spiro atoms. The summed E-state index contributed by atoms with van der Waals surface area (Å²) in [4.78, 5) is 27.6. The molecule has 2 heterocycles. The minimum Gasteiger partial charge on any atom is -0.461 e. The highest BCUT2D eigenvalue weighted by Gasteiger charge is 2.49. The van der Waals surface area contributed by atoms with Crippen LogP contribution in [-0.4, -0.2) is 113 Å². The van der Waals surface area contributed by atoms with E-state index in [1.807, 2.05) is 31.0 Å². The lowest BCUT2D eigenvalue weighted by Crippen LogP contribution is -2.66. The Morgan fingerprint density at radius 1 is 1.18 bits per heavy atom. The number of carbonyl (C=O) groups is 2. The summed E-state index contributed by atoms with van der Waals surface area (Å²) in [6, 6.07) is 5.96. The fraction of sp³-hybridized carbons (Fsp3) is 0.714. The largest absolute Gasteiger partial charge is 0.461 e. The molecule has 4 N–H and O–H groups in total. The maximum absolute atomic E-state index is 13.3. The molecule has 10 nitrogen and oxygen atoms in total. The van der Waals surface area contributed by atoms with E-state index in [0.717, 1.165) is 43.1 Å². The summed E-state index contributed by atoms with van der Waals surface area (Å²) in [6.07, 6.45) is -3.04. The Labute approximate surface area is 235 Å². The molecule has 9 atom stereocenters. The van der Waals surface area contributed by atoms with E-state index in [9.17, 15) is 24.9 Å². The van der Waals surface area contributed by atoms with Crippen LogP contribution in [0.15, 0.2) is 24.3 Å². The van der Waals surface area contributed by atoms with E-state index in [0.29, 0.717) is 11.5 Å². The second-order valence-electron chi connectivity index (χ2n) is 10.6. The average Bonchev–Trinajstić information content (AvgIpc) is 3.29. The van der Waals surface area contributed by atoms with Crippen molar-refractivity contribution in [2.45, 2.75) is 88.1 Å². The molecule has 220 valence electrons. The van der Waals surface area contributed by atoms with Crippen LogP contribution in [0.5, 0.6) is 0 Å². The maximum atomic E-state index is 13.3. The molecule has 11 heteroatoms. The number of likely N-dealkylation sites (tertiary alicyclic amines) is 1. The molecule has 0 radical (unpaired) electrons. The van der Waals surface area contributed by atoms with Gasteiger partial charge in [-0.15, -0.1) is 11.8 Å². The smallest absolute Gasteiger partial charge is 0.338 e. The molecule has 1 aromatic carbocycles. The number of thioether (sulfide) groups is 1. The Kier molecular flexibility index (Phi) is 12.0. The van der Waals surface area contributed by atoms with Gasteiger partial charge in [-0.3, -0.25) is 9.69 Å². The molecule has 2 fully saturated rings. The van der Waals surface area contributed by atoms with Gasteiger partial charge in [0.05, 0.1) is 23.8 Å². The van der Waals surface area contributed by atoms with Gasteiger partial charge in [0.15, 0.2) is 0 Å². The van der Waals surface area contributed by atoms with Gasteiger partial charge in [-0.1, -0.05) is 31.0 Å². The Morgan fingerprint density at radius 3 is 2.51 bits per heavy atom. The van der Waals surface area contributed by atoms with Gasteiger partial charge in [-0.2, -0.15) is 0 Å². The van der Waals surface area contributed by atoms with Gasteiger partial charge in [-0.05, 0) is 51.8 Å². The minimum atomic E-state index is -1.50. The highest BCUT2D eigenvalue weighted by atomic mass is 32.2. The van der Waals surface area contributed by atoms with Crippen molar-refractivity contribution in [3.63, 3.8) is 0 Å². The molecule has 39 heavy (non-hydrogen) atoms. The molecule has 0 aliphatic carbocycles. The molecule has 0 aromatic heterocycles. The first-order chi connectivity index (χ1) is 18.6. The second kappa shape index (κ2) is 14.8. The number of nitrogens with zero attached hydrogens (tertiary/aromatic N) is 1. The van der Waals surface area contributed by atoms with Gasteiger partial charge in [-0.25, -0.2) is 4.79 Å². The van der Waals surface area contributed by atoms with E-state index < -0.39 is 48.0 Å². The summed E-state index contributed by atoms with van der Waals surface area (Å²) >= 11 is 1.16. The van der Waals surface area contributed by atoms with Gasteiger partial charge < -0.3 is 34.8 Å². The Balaban J connectivity index is 1.62. The van der Waals surface area contributed by atoms with E-state index in [2.05, 4.69) is 12.2 Å². The van der Waals surface area contributed by atoms with Gasteiger partial charge in [0.25, 0.3) is 0 Å². The number of hydrogen-bond donors (Lipinski definition) is 4. The van der Waals surface area contributed by atoms with Gasteiger partial charge in [0.2, 0.25) is 5.91 Å². The van der Waals surface area contributed by atoms with Crippen molar-refractivity contribution in [3.05, 3.63) is 35.4 Å². The molecule has 1 amide bonds. The summed E-state index contributed by atoms with van der Waals surface area (Å²) in [5.74, 6) is 0.0954. The first-order valence-corrected chi connectivity index (χ1v) is 14.7. The standard InChI is InChI=1S/C28H44N2O8S/c1-6-7-18-14-20(30(4)15-18)26(34)29-21(17(3)36-5)25-23(32)22(31)24(33)28(38-25)39-13-12-37-27(35)19-10-8-16(2)9-11-19/h8-11,17-18,20-25,28,31-33H,6-7,12-15H2,1-5H3,(H,29,34)/t17-,18-,20+,21-,22+,23-,24-,25-,28-/m1/s1. The van der Waals surface area contributed by atoms with Crippen molar-refractivity contribution in [2.24, 2.45) is 5.92 Å². The number of benzene rings is 1. The number of esters is 1. The number of aliphatic hydroxyl groups is 3. The lowest BCUT2D eigenvalue weighted by atomic mass is 9.91. The lowest BCUT2D eigenvalue weighted by Gasteiger charge is -2.44. The molecule has 2 aliphatic heterocycles. The van der Waals surface area contributed by atoms with Crippen molar-refractivity contribution < 1.29 is 39.1 Å². The van der Waals surface area contributed by atoms with Crippen molar-refractivity contribution in [1.82, 2.24) is 10.2 Å². The molecular weight excluding hydrogens is 524 g/mol. The monoisotopic (exact) mass is 568 g/mol. The topological polar surface area (TPSA) is 138 Å². The Hall–Kier alpha value is -1.73. The van der Waals surface area contributed by atoms with E-state index in [1.54, 1.807) is 19.1 Å². The number of aliphatic hydroxyl groups excluding tert-OH is 3. The van der Waals surface area contributed by atoms with E-state index in [4.69, 9.17) is 14.2 Å². The van der Waals surface area contributed by atoms with E-state index in [1.165, 1.54) is 7.11 Å². The predicted octanol–water partition coefficient (Wildman–Crippen LogP) is 1.33. The van der Waals surface area contributed by atoms with Crippen LogP contribution in [0.1, 0.15) is 49.0 Å². The third-order valence-electron chi connectivity index (χ3n) is 7.67. The van der Waals surface area contributed by atoms with Crippen LogP contribution >= 0.6 is 11.8 Å². The zero-order valence-corrected chi connectivity index (χ0v) is 24.3. The van der Waals surface area contributed by atoms with Gasteiger partial charge >= 0.3 is 5.97 Å². The molecule has 2 saturated heterocycles. The summed E-state index contributed by atoms with van der Waals surface area (Å²) in [6.45, 7) is 6.72. The zero-order valence-electron chi connectivity index (χ0n) is 23.5. The molecule has 0 saturated carbocycles. The molecule has 3 rings (SSSR count). The predicted molar refractivity (Wildman–Crippen MR) is 148 cm³/mol. The maximum Gasteiger partial charge on any atom is 0.338 e. The number of hydrogen-bond acceptors (Lipinski definition) is 10. The number of ether oxygens (including phenoxy) is 3. The second-order valence-corrected chi connectivity index (χ2v) is 11.8. The third-order valence-corrected chi connectivity index (χ3v) is 8.79. The van der Waals surface area contributed by atoms with Crippen LogP contribution in [0.2, 0.25) is 0 Å². The highest BCUT2D eigenvalue weighted by molar-refractivity contribution is 7.99. The summed E-state index contributed by atoms with van der Waals surface area (Å²) < 4.78 is 16.9. The summed E-state index contributed by atoms with van der Waals surface area (Å²) in [5, 5.41) is 35.1. The van der Waals surface area contributed by atoms with E-state index in [-0.39, 0.29) is 24.3 Å². The van der Waals surface area contributed by atoms with Crippen molar-refractivity contribution in [2.75, 3.05) is 33.1 Å². The Bertz CT molecular complexity index is 935. The summed E-state index contributed by atoms with van der Waals surface area (Å²) in [5.41, 5.74) is 0.561. The number of amides is 1. The quantitative estimate of drug-likeness (QED) is 0.216. The van der Waals surface area contributed by atoms with E-state index >= 15 is 0 Å². The average molecular weight is 569 g/mol.